The summed E-state index contributed by atoms with van der Waals surface area (Å²) in [5.74, 6) is 0. The van der Waals surface area contributed by atoms with Crippen LogP contribution in [-0.2, 0) is 0 Å². The summed E-state index contributed by atoms with van der Waals surface area (Å²) in [4.78, 5) is 0. The Hall–Kier alpha value is -4.94. The van der Waals surface area contributed by atoms with E-state index in [9.17, 15) is 0 Å². The third-order valence-corrected chi connectivity index (χ3v) is 8.48. The van der Waals surface area contributed by atoms with Crippen LogP contribution < -0.4 is 0 Å². The van der Waals surface area contributed by atoms with Gasteiger partial charge >= 0.3 is 0 Å². The molecule has 0 unspecified atom stereocenters. The van der Waals surface area contributed by atoms with Crippen molar-refractivity contribution in [3.63, 3.8) is 0 Å². The normalized spacial score (nSPS) is 12.2. The second-order valence-corrected chi connectivity index (χ2v) is 10.6. The fourth-order valence-electron chi connectivity index (χ4n) is 6.55. The molecule has 0 radical (unpaired) electrons. The first-order valence-corrected chi connectivity index (χ1v) is 13.3. The SMILES string of the molecule is c1ccc2cc3c(ccc4cc5c(ccc6cc7c(ccc8cc9ccccc9cc87)cc65)cc43)cc2c1. The van der Waals surface area contributed by atoms with E-state index in [1.807, 2.05) is 0 Å². The minimum Gasteiger partial charge on any atom is -0.0616 e. The maximum absolute atomic E-state index is 2.39. The molecule has 0 aromatic heterocycles. The fourth-order valence-corrected chi connectivity index (χ4v) is 6.55. The van der Waals surface area contributed by atoms with E-state index in [1.54, 1.807) is 0 Å². The molecule has 0 amide bonds. The molecule has 0 N–H and O–H groups in total. The van der Waals surface area contributed by atoms with Crippen molar-refractivity contribution in [2.75, 3.05) is 0 Å². The number of benzene rings is 9. The van der Waals surface area contributed by atoms with Gasteiger partial charge in [-0.2, -0.15) is 0 Å². The lowest BCUT2D eigenvalue weighted by Crippen LogP contribution is -1.85. The Morgan fingerprint density at radius 2 is 0.395 bits per heavy atom. The summed E-state index contributed by atoms with van der Waals surface area (Å²) in [6.07, 6.45) is 0. The van der Waals surface area contributed by atoms with Gasteiger partial charge in [-0.3, -0.25) is 0 Å². The molecule has 9 aromatic rings. The van der Waals surface area contributed by atoms with E-state index < -0.39 is 0 Å². The van der Waals surface area contributed by atoms with Crippen LogP contribution in [0.1, 0.15) is 0 Å². The predicted octanol–water partition coefficient (Wildman–Crippen LogP) is 10.9. The first kappa shape index (κ1) is 20.2. The van der Waals surface area contributed by atoms with Crippen molar-refractivity contribution in [1.82, 2.24) is 0 Å². The minimum atomic E-state index is 1.29. The van der Waals surface area contributed by atoms with E-state index in [2.05, 4.69) is 133 Å². The Balaban J connectivity index is 1.34. The van der Waals surface area contributed by atoms with Crippen molar-refractivity contribution in [3.05, 3.63) is 133 Å². The van der Waals surface area contributed by atoms with Gasteiger partial charge in [0, 0.05) is 0 Å². The average Bonchev–Trinajstić information content (AvgIpc) is 2.97. The van der Waals surface area contributed by atoms with Gasteiger partial charge in [0.1, 0.15) is 0 Å². The van der Waals surface area contributed by atoms with Crippen LogP contribution in [0, 0.1) is 0 Å². The van der Waals surface area contributed by atoms with Crippen molar-refractivity contribution < 1.29 is 0 Å². The van der Waals surface area contributed by atoms with Gasteiger partial charge in [-0.15, -0.1) is 0 Å². The quantitative estimate of drug-likeness (QED) is 0.150. The van der Waals surface area contributed by atoms with Gasteiger partial charge in [0.05, 0.1) is 0 Å². The van der Waals surface area contributed by atoms with Crippen LogP contribution in [0.25, 0.3) is 86.2 Å². The lowest BCUT2D eigenvalue weighted by atomic mass is 9.92. The van der Waals surface area contributed by atoms with Gasteiger partial charge in [0.25, 0.3) is 0 Å². The van der Waals surface area contributed by atoms with Crippen molar-refractivity contribution in [3.8, 4) is 0 Å². The Morgan fingerprint density at radius 3 is 0.684 bits per heavy atom. The smallest absolute Gasteiger partial charge is 0.00988 e. The van der Waals surface area contributed by atoms with Gasteiger partial charge in [0.15, 0.2) is 0 Å². The summed E-state index contributed by atoms with van der Waals surface area (Å²) in [7, 11) is 0. The zero-order valence-corrected chi connectivity index (χ0v) is 20.7. The van der Waals surface area contributed by atoms with Crippen LogP contribution in [0.2, 0.25) is 0 Å². The summed E-state index contributed by atoms with van der Waals surface area (Å²) in [5, 5.41) is 20.8. The molecule has 0 saturated heterocycles. The number of hydrogen-bond donors (Lipinski definition) is 0. The zero-order chi connectivity index (χ0) is 24.8. The van der Waals surface area contributed by atoms with E-state index in [0.29, 0.717) is 0 Å². The Labute approximate surface area is 219 Å². The number of fused-ring (bicyclic) bond motifs is 11. The molecule has 9 rings (SSSR count). The highest BCUT2D eigenvalue weighted by Crippen LogP contribution is 2.38. The van der Waals surface area contributed by atoms with E-state index in [1.165, 1.54) is 86.2 Å². The van der Waals surface area contributed by atoms with Crippen LogP contribution >= 0.6 is 0 Å². The molecular formula is C38H22. The average molecular weight is 479 g/mol. The van der Waals surface area contributed by atoms with Gasteiger partial charge in [-0.25, -0.2) is 0 Å². The Bertz CT molecular complexity index is 2270. The monoisotopic (exact) mass is 478 g/mol. The van der Waals surface area contributed by atoms with Crippen molar-refractivity contribution in [2.45, 2.75) is 0 Å². The molecule has 0 bridgehead atoms. The van der Waals surface area contributed by atoms with Crippen molar-refractivity contribution in [1.29, 1.82) is 0 Å². The highest BCUT2D eigenvalue weighted by atomic mass is 14.1. The first-order valence-electron chi connectivity index (χ1n) is 13.3. The van der Waals surface area contributed by atoms with Gasteiger partial charge in [-0.05, 0) is 135 Å². The van der Waals surface area contributed by atoms with Crippen LogP contribution in [-0.4, -0.2) is 0 Å². The lowest BCUT2D eigenvalue weighted by Gasteiger charge is -2.12. The highest BCUT2D eigenvalue weighted by Gasteiger charge is 2.10. The molecule has 9 aromatic carbocycles. The second kappa shape index (κ2) is 7.31. The largest absolute Gasteiger partial charge is 0.0616 e. The van der Waals surface area contributed by atoms with Crippen molar-refractivity contribution >= 4 is 86.2 Å². The van der Waals surface area contributed by atoms with Gasteiger partial charge in [0.2, 0.25) is 0 Å². The summed E-state index contributed by atoms with van der Waals surface area (Å²) in [5.41, 5.74) is 0. The molecule has 0 spiro atoms. The predicted molar refractivity (Wildman–Crippen MR) is 166 cm³/mol. The maximum atomic E-state index is 2.39. The molecule has 0 fully saturated rings. The van der Waals surface area contributed by atoms with E-state index in [0.717, 1.165) is 0 Å². The zero-order valence-electron chi connectivity index (χ0n) is 20.7. The highest BCUT2D eigenvalue weighted by molar-refractivity contribution is 6.22. The number of rotatable bonds is 0. The molecule has 0 aliphatic heterocycles. The second-order valence-electron chi connectivity index (χ2n) is 10.6. The molecule has 0 atom stereocenters. The third kappa shape index (κ3) is 2.80. The van der Waals surface area contributed by atoms with E-state index in [4.69, 9.17) is 0 Å². The fraction of sp³-hybridized carbons (Fsp3) is 0. The van der Waals surface area contributed by atoms with Crippen LogP contribution in [0.3, 0.4) is 0 Å². The van der Waals surface area contributed by atoms with Crippen LogP contribution in [0.5, 0.6) is 0 Å². The first-order chi connectivity index (χ1) is 18.8. The molecule has 0 nitrogen and oxygen atoms in total. The van der Waals surface area contributed by atoms with Crippen molar-refractivity contribution in [2.24, 2.45) is 0 Å². The van der Waals surface area contributed by atoms with E-state index in [-0.39, 0.29) is 0 Å². The lowest BCUT2D eigenvalue weighted by molar-refractivity contribution is 1.78. The summed E-state index contributed by atoms with van der Waals surface area (Å²) in [6.45, 7) is 0. The topological polar surface area (TPSA) is 0 Å². The summed E-state index contributed by atoms with van der Waals surface area (Å²) in [6, 6.07) is 49.9. The molecule has 38 heavy (non-hydrogen) atoms. The van der Waals surface area contributed by atoms with Crippen LogP contribution in [0.4, 0.5) is 0 Å². The Kier molecular flexibility index (Phi) is 3.88. The molecule has 0 aliphatic carbocycles. The molecule has 0 heterocycles. The summed E-state index contributed by atoms with van der Waals surface area (Å²) < 4.78 is 0. The van der Waals surface area contributed by atoms with Gasteiger partial charge < -0.3 is 0 Å². The van der Waals surface area contributed by atoms with Gasteiger partial charge in [-0.1, -0.05) is 84.9 Å². The molecule has 174 valence electrons. The Morgan fingerprint density at radius 1 is 0.184 bits per heavy atom. The minimum absolute atomic E-state index is 1.29. The maximum Gasteiger partial charge on any atom is -0.00988 e. The molecule has 0 aliphatic rings. The molecular weight excluding hydrogens is 456 g/mol. The third-order valence-electron chi connectivity index (χ3n) is 8.48. The molecule has 0 saturated carbocycles. The standard InChI is InChI=1S/C38H22/c1-3-7-25-17-33-27(15-23(25)5-1)9-11-29-21-37-31(19-35(29)33)13-14-32-20-36-30(22-38(32)37)12-10-28-16-24-6-2-4-8-26(24)18-34(28)36/h1-22H. The van der Waals surface area contributed by atoms with Crippen LogP contribution in [0.15, 0.2) is 133 Å². The summed E-state index contributed by atoms with van der Waals surface area (Å²) >= 11 is 0. The number of hydrogen-bond acceptors (Lipinski definition) is 0. The van der Waals surface area contributed by atoms with E-state index >= 15 is 0 Å². The molecule has 0 heteroatoms.